The number of carbonyl (C=O) groups excluding carboxylic acids is 1. The van der Waals surface area contributed by atoms with Crippen LogP contribution in [0, 0.1) is 0 Å². The number of aromatic nitrogens is 1. The van der Waals surface area contributed by atoms with Crippen molar-refractivity contribution in [3.63, 3.8) is 0 Å². The molecule has 2 aliphatic heterocycles. The number of ether oxygens (including phenoxy) is 2. The average Bonchev–Trinajstić information content (AvgIpc) is 3.63. The van der Waals surface area contributed by atoms with Crippen molar-refractivity contribution in [2.45, 2.75) is 57.5 Å². The Morgan fingerprint density at radius 1 is 1.21 bits per heavy atom. The fourth-order valence-corrected chi connectivity index (χ4v) is 4.35. The molecule has 38 heavy (non-hydrogen) atoms. The van der Waals surface area contributed by atoms with Gasteiger partial charge in [0.05, 0.1) is 16.8 Å². The topological polar surface area (TPSA) is 126 Å². The fourth-order valence-electron chi connectivity index (χ4n) is 4.13. The maximum Gasteiger partial charge on any atom is 0.342 e. The molecule has 0 radical (unpaired) electrons. The van der Waals surface area contributed by atoms with Crippen LogP contribution in [0.4, 0.5) is 0 Å². The molecule has 0 bridgehead atoms. The van der Waals surface area contributed by atoms with Crippen LogP contribution >= 0.6 is 11.6 Å². The van der Waals surface area contributed by atoms with Crippen molar-refractivity contribution in [2.24, 2.45) is 5.16 Å². The number of allylic oxidation sites excluding steroid dienone is 3. The Morgan fingerprint density at radius 3 is 2.84 bits per heavy atom. The summed E-state index contributed by atoms with van der Waals surface area (Å²) in [6.07, 6.45) is 12.6. The van der Waals surface area contributed by atoms with E-state index in [0.717, 1.165) is 32.0 Å². The van der Waals surface area contributed by atoms with Crippen LogP contribution in [0.2, 0.25) is 5.02 Å². The summed E-state index contributed by atoms with van der Waals surface area (Å²) >= 11 is 6.37. The number of hydrogen-bond donors (Lipinski definition) is 3. The van der Waals surface area contributed by atoms with Crippen LogP contribution in [-0.4, -0.2) is 58.3 Å². The number of nitrogens with zero attached hydrogens (tertiary/aromatic N) is 2. The molecule has 0 aliphatic carbocycles. The molecule has 3 N–H and O–H groups in total. The van der Waals surface area contributed by atoms with Gasteiger partial charge in [0.25, 0.3) is 0 Å². The second kappa shape index (κ2) is 13.4. The minimum atomic E-state index is -0.736. The Morgan fingerprint density at radius 2 is 2.03 bits per heavy atom. The minimum Gasteiger partial charge on any atom is -0.507 e. The maximum absolute atomic E-state index is 13.0. The number of pyridine rings is 1. The number of benzene rings is 1. The second-order valence-electron chi connectivity index (χ2n) is 9.25. The van der Waals surface area contributed by atoms with Gasteiger partial charge < -0.3 is 29.8 Å². The minimum absolute atomic E-state index is 0.0278. The van der Waals surface area contributed by atoms with E-state index in [4.69, 9.17) is 25.9 Å². The highest BCUT2D eigenvalue weighted by molar-refractivity contribution is 6.33. The SMILES string of the molecule is CC1CC2OC2/C=C/C=C/C(=N\OCCCCNCc2ccncc2)Cc2c(Cl)c(O)cc(O)c2C(=O)O1. The Bertz CT molecular complexity index is 1200. The van der Waals surface area contributed by atoms with E-state index in [1.807, 2.05) is 24.3 Å². The van der Waals surface area contributed by atoms with Gasteiger partial charge in [-0.3, -0.25) is 4.98 Å². The Hall–Kier alpha value is -3.40. The number of epoxide rings is 1. The van der Waals surface area contributed by atoms with Gasteiger partial charge in [0.15, 0.2) is 0 Å². The summed E-state index contributed by atoms with van der Waals surface area (Å²) in [5, 5.41) is 28.3. The van der Waals surface area contributed by atoms with Gasteiger partial charge in [-0.15, -0.1) is 0 Å². The summed E-state index contributed by atoms with van der Waals surface area (Å²) in [5.74, 6) is -1.50. The van der Waals surface area contributed by atoms with Gasteiger partial charge in [0, 0.05) is 37.8 Å². The van der Waals surface area contributed by atoms with Gasteiger partial charge in [0.2, 0.25) is 0 Å². The first-order chi connectivity index (χ1) is 18.4. The molecule has 10 heteroatoms. The lowest BCUT2D eigenvalue weighted by molar-refractivity contribution is 0.0306. The van der Waals surface area contributed by atoms with Crippen LogP contribution in [0.3, 0.4) is 0 Å². The number of fused-ring (bicyclic) bond motifs is 2. The Balaban J connectivity index is 1.42. The predicted molar refractivity (Wildman–Crippen MR) is 143 cm³/mol. The molecular formula is C28H32ClN3O6. The van der Waals surface area contributed by atoms with Crippen LogP contribution < -0.4 is 5.32 Å². The third-order valence-corrected chi connectivity index (χ3v) is 6.60. The maximum atomic E-state index is 13.0. The number of cyclic esters (lactones) is 1. The monoisotopic (exact) mass is 541 g/mol. The number of phenols is 2. The van der Waals surface area contributed by atoms with E-state index in [-0.39, 0.29) is 40.5 Å². The molecule has 1 aromatic heterocycles. The molecular weight excluding hydrogens is 510 g/mol. The number of carbonyl (C=O) groups is 1. The molecule has 0 spiro atoms. The third-order valence-electron chi connectivity index (χ3n) is 6.18. The fraction of sp³-hybridized carbons (Fsp3) is 0.393. The number of unbranched alkanes of at least 4 members (excludes halogenated alkanes) is 1. The van der Waals surface area contributed by atoms with Crippen molar-refractivity contribution in [3.05, 3.63) is 76.6 Å². The molecule has 4 rings (SSSR count). The number of hydrogen-bond acceptors (Lipinski definition) is 9. The zero-order valence-electron chi connectivity index (χ0n) is 21.2. The van der Waals surface area contributed by atoms with Crippen molar-refractivity contribution in [1.29, 1.82) is 0 Å². The molecule has 202 valence electrons. The number of nitrogens with one attached hydrogen (secondary N) is 1. The van der Waals surface area contributed by atoms with Crippen LogP contribution in [0.5, 0.6) is 11.5 Å². The van der Waals surface area contributed by atoms with Gasteiger partial charge >= 0.3 is 5.97 Å². The number of halogens is 1. The van der Waals surface area contributed by atoms with Crippen LogP contribution in [0.15, 0.2) is 60.1 Å². The summed E-state index contributed by atoms with van der Waals surface area (Å²) in [7, 11) is 0. The van der Waals surface area contributed by atoms with E-state index < -0.39 is 17.8 Å². The van der Waals surface area contributed by atoms with E-state index in [0.29, 0.717) is 18.7 Å². The van der Waals surface area contributed by atoms with E-state index in [9.17, 15) is 15.0 Å². The molecule has 0 saturated carbocycles. The number of oxime groups is 1. The first-order valence-corrected chi connectivity index (χ1v) is 13.0. The van der Waals surface area contributed by atoms with Gasteiger partial charge in [-0.05, 0) is 55.6 Å². The first kappa shape index (κ1) is 27.6. The van der Waals surface area contributed by atoms with Gasteiger partial charge in [-0.1, -0.05) is 35.0 Å². The Labute approximate surface area is 226 Å². The van der Waals surface area contributed by atoms with Crippen molar-refractivity contribution < 1.29 is 29.3 Å². The number of aromatic hydroxyl groups is 2. The molecule has 1 fully saturated rings. The quantitative estimate of drug-likeness (QED) is 0.193. The van der Waals surface area contributed by atoms with Crippen molar-refractivity contribution in [1.82, 2.24) is 10.3 Å². The molecule has 0 amide bonds. The van der Waals surface area contributed by atoms with Crippen LogP contribution in [-0.2, 0) is 27.3 Å². The summed E-state index contributed by atoms with van der Waals surface area (Å²) in [5.41, 5.74) is 1.72. The molecule has 3 atom stereocenters. The normalized spacial score (nSPS) is 24.0. The summed E-state index contributed by atoms with van der Waals surface area (Å²) in [6, 6.07) is 4.98. The molecule has 1 saturated heterocycles. The van der Waals surface area contributed by atoms with E-state index >= 15 is 0 Å². The van der Waals surface area contributed by atoms with Crippen molar-refractivity contribution >= 4 is 23.3 Å². The summed E-state index contributed by atoms with van der Waals surface area (Å²) in [4.78, 5) is 22.6. The third kappa shape index (κ3) is 7.80. The molecule has 1 aromatic carbocycles. The zero-order valence-corrected chi connectivity index (χ0v) is 21.9. The summed E-state index contributed by atoms with van der Waals surface area (Å²) < 4.78 is 11.2. The van der Waals surface area contributed by atoms with E-state index in [2.05, 4.69) is 15.5 Å². The first-order valence-electron chi connectivity index (χ1n) is 12.7. The van der Waals surface area contributed by atoms with E-state index in [1.54, 1.807) is 31.5 Å². The second-order valence-corrected chi connectivity index (χ2v) is 9.63. The zero-order chi connectivity index (χ0) is 26.9. The number of rotatable bonds is 8. The molecule has 9 nitrogen and oxygen atoms in total. The van der Waals surface area contributed by atoms with Crippen LogP contribution in [0.1, 0.15) is 47.7 Å². The van der Waals surface area contributed by atoms with Crippen molar-refractivity contribution in [3.8, 4) is 11.5 Å². The van der Waals surface area contributed by atoms with Gasteiger partial charge in [-0.25, -0.2) is 4.79 Å². The summed E-state index contributed by atoms with van der Waals surface area (Å²) in [6.45, 7) is 3.77. The standard InChI is InChI=1S/C28H32ClN3O6/c1-18-14-25-24(38-25)7-3-2-6-20(15-21-26(28(35)37-18)22(33)16-23(34)27(21)29)32-36-13-5-4-10-31-17-19-8-11-30-12-9-19/h2-3,6-9,11-12,16,18,24-25,31,33-34H,4-5,10,13-15,17H2,1H3/b6-2+,7-3+,32-20+. The smallest absolute Gasteiger partial charge is 0.342 e. The number of esters is 1. The molecule has 2 aliphatic rings. The average molecular weight is 542 g/mol. The molecule has 3 heterocycles. The van der Waals surface area contributed by atoms with Gasteiger partial charge in [0.1, 0.15) is 35.9 Å². The van der Waals surface area contributed by atoms with Crippen molar-refractivity contribution in [2.75, 3.05) is 13.2 Å². The van der Waals surface area contributed by atoms with Crippen LogP contribution in [0.25, 0.3) is 0 Å². The molecule has 3 unspecified atom stereocenters. The van der Waals surface area contributed by atoms with E-state index in [1.165, 1.54) is 5.56 Å². The predicted octanol–water partition coefficient (Wildman–Crippen LogP) is 4.46. The highest BCUT2D eigenvalue weighted by Crippen LogP contribution is 2.38. The number of phenolic OH excluding ortho intramolecular Hbond substituents is 2. The van der Waals surface area contributed by atoms with Gasteiger partial charge in [-0.2, -0.15) is 0 Å². The lowest BCUT2D eigenvalue weighted by Crippen LogP contribution is -2.20. The lowest BCUT2D eigenvalue weighted by atomic mass is 9.99. The lowest BCUT2D eigenvalue weighted by Gasteiger charge is -2.17. The molecule has 2 aromatic rings. The highest BCUT2D eigenvalue weighted by atomic mass is 35.5. The highest BCUT2D eigenvalue weighted by Gasteiger charge is 2.38. The largest absolute Gasteiger partial charge is 0.507 e. The Kier molecular flexibility index (Phi) is 9.75.